The number of fused-ring (bicyclic) bond motifs is 1. The molecule has 0 fully saturated rings. The molecule has 0 aliphatic carbocycles. The molecular weight excluding hydrogens is 252 g/mol. The molecule has 2 aromatic rings. The summed E-state index contributed by atoms with van der Waals surface area (Å²) in [5.41, 5.74) is 2.60. The van der Waals surface area contributed by atoms with Crippen molar-refractivity contribution in [2.24, 2.45) is 0 Å². The van der Waals surface area contributed by atoms with Gasteiger partial charge in [-0.3, -0.25) is 0 Å². The van der Waals surface area contributed by atoms with E-state index in [-0.39, 0.29) is 6.61 Å². The van der Waals surface area contributed by atoms with Crippen LogP contribution in [0.15, 0.2) is 30.5 Å². The van der Waals surface area contributed by atoms with Crippen LogP contribution in [-0.2, 0) is 17.8 Å². The second kappa shape index (κ2) is 8.04. The number of aliphatic hydroxyl groups excluding tert-OH is 1. The first-order valence-electron chi connectivity index (χ1n) is 7.33. The zero-order chi connectivity index (χ0) is 14.2. The molecule has 0 aliphatic rings. The Labute approximate surface area is 120 Å². The van der Waals surface area contributed by atoms with Crippen molar-refractivity contribution in [3.63, 3.8) is 0 Å². The largest absolute Gasteiger partial charge is 0.394 e. The number of aliphatic hydroxyl groups is 1. The van der Waals surface area contributed by atoms with Gasteiger partial charge in [0.2, 0.25) is 0 Å². The Balaban J connectivity index is 2.09. The molecule has 1 aromatic carbocycles. The van der Waals surface area contributed by atoms with Crippen LogP contribution in [0.2, 0.25) is 0 Å². The molecule has 20 heavy (non-hydrogen) atoms. The second-order valence-electron chi connectivity index (χ2n) is 4.88. The van der Waals surface area contributed by atoms with E-state index >= 15 is 0 Å². The standard InChI is InChI=1S/C16H24N2O2/c1-2-7-17-13-15-5-3-4-14-6-8-18(16(14)15)9-11-20-12-10-19/h3-6,8,17,19H,2,7,9-13H2,1H3. The SMILES string of the molecule is CCCNCc1cccc2ccn(CCOCCO)c12. The average Bonchev–Trinajstić information content (AvgIpc) is 2.88. The highest BCUT2D eigenvalue weighted by atomic mass is 16.5. The number of hydrogen-bond acceptors (Lipinski definition) is 3. The Morgan fingerprint density at radius 2 is 2.15 bits per heavy atom. The molecule has 4 nitrogen and oxygen atoms in total. The maximum Gasteiger partial charge on any atom is 0.0698 e. The molecule has 0 unspecified atom stereocenters. The molecule has 0 spiro atoms. The lowest BCUT2D eigenvalue weighted by Crippen LogP contribution is -2.15. The number of nitrogens with one attached hydrogen (secondary N) is 1. The third-order valence-corrected chi connectivity index (χ3v) is 3.33. The summed E-state index contributed by atoms with van der Waals surface area (Å²) >= 11 is 0. The minimum Gasteiger partial charge on any atom is -0.394 e. The van der Waals surface area contributed by atoms with Crippen molar-refractivity contribution in [2.45, 2.75) is 26.4 Å². The third-order valence-electron chi connectivity index (χ3n) is 3.33. The van der Waals surface area contributed by atoms with Gasteiger partial charge in [-0.05, 0) is 30.0 Å². The summed E-state index contributed by atoms with van der Waals surface area (Å²) in [5, 5.41) is 13.4. The lowest BCUT2D eigenvalue weighted by atomic mass is 10.1. The molecule has 2 N–H and O–H groups in total. The van der Waals surface area contributed by atoms with E-state index in [1.807, 2.05) is 0 Å². The van der Waals surface area contributed by atoms with Gasteiger partial charge >= 0.3 is 0 Å². The van der Waals surface area contributed by atoms with Gasteiger partial charge in [-0.25, -0.2) is 0 Å². The number of para-hydroxylation sites is 1. The van der Waals surface area contributed by atoms with Gasteiger partial charge in [-0.2, -0.15) is 0 Å². The third kappa shape index (κ3) is 3.82. The molecule has 110 valence electrons. The molecule has 0 saturated heterocycles. The van der Waals surface area contributed by atoms with Crippen LogP contribution in [0.1, 0.15) is 18.9 Å². The summed E-state index contributed by atoms with van der Waals surface area (Å²) < 4.78 is 7.59. The average molecular weight is 276 g/mol. The fourth-order valence-electron chi connectivity index (χ4n) is 2.40. The van der Waals surface area contributed by atoms with E-state index < -0.39 is 0 Å². The number of aromatic nitrogens is 1. The Morgan fingerprint density at radius 3 is 2.95 bits per heavy atom. The fraction of sp³-hybridized carbons (Fsp3) is 0.500. The van der Waals surface area contributed by atoms with E-state index in [0.29, 0.717) is 13.2 Å². The topological polar surface area (TPSA) is 46.4 Å². The normalized spacial score (nSPS) is 11.3. The maximum absolute atomic E-state index is 8.72. The van der Waals surface area contributed by atoms with Crippen LogP contribution in [0.5, 0.6) is 0 Å². The number of benzene rings is 1. The highest BCUT2D eigenvalue weighted by Crippen LogP contribution is 2.20. The van der Waals surface area contributed by atoms with Crippen LogP contribution in [-0.4, -0.2) is 36.0 Å². The van der Waals surface area contributed by atoms with Gasteiger partial charge in [-0.1, -0.05) is 25.1 Å². The zero-order valence-electron chi connectivity index (χ0n) is 12.1. The van der Waals surface area contributed by atoms with Gasteiger partial charge in [0.15, 0.2) is 0 Å². The van der Waals surface area contributed by atoms with Gasteiger partial charge in [-0.15, -0.1) is 0 Å². The quantitative estimate of drug-likeness (QED) is 0.690. The minimum atomic E-state index is 0.0820. The smallest absolute Gasteiger partial charge is 0.0698 e. The van der Waals surface area contributed by atoms with Crippen molar-refractivity contribution in [1.29, 1.82) is 0 Å². The van der Waals surface area contributed by atoms with Crippen molar-refractivity contribution in [2.75, 3.05) is 26.4 Å². The Bertz CT molecular complexity index is 522. The molecule has 0 atom stereocenters. The minimum absolute atomic E-state index is 0.0820. The molecular formula is C16H24N2O2. The van der Waals surface area contributed by atoms with E-state index in [1.165, 1.54) is 16.5 Å². The predicted octanol–water partition coefficient (Wildman–Crippen LogP) is 2.15. The molecule has 2 rings (SSSR count). The molecule has 0 aliphatic heterocycles. The van der Waals surface area contributed by atoms with Crippen molar-refractivity contribution in [1.82, 2.24) is 9.88 Å². The first-order valence-corrected chi connectivity index (χ1v) is 7.33. The van der Waals surface area contributed by atoms with Crippen LogP contribution >= 0.6 is 0 Å². The van der Waals surface area contributed by atoms with E-state index in [4.69, 9.17) is 9.84 Å². The Kier molecular flexibility index (Phi) is 6.05. The van der Waals surface area contributed by atoms with Crippen molar-refractivity contribution in [3.05, 3.63) is 36.0 Å². The first-order chi connectivity index (χ1) is 9.86. The summed E-state index contributed by atoms with van der Waals surface area (Å²) in [5.74, 6) is 0. The molecule has 0 amide bonds. The van der Waals surface area contributed by atoms with Crippen LogP contribution in [0.3, 0.4) is 0 Å². The van der Waals surface area contributed by atoms with Crippen LogP contribution in [0.25, 0.3) is 10.9 Å². The number of nitrogens with zero attached hydrogens (tertiary/aromatic N) is 1. The van der Waals surface area contributed by atoms with E-state index in [9.17, 15) is 0 Å². The monoisotopic (exact) mass is 276 g/mol. The molecule has 0 saturated carbocycles. The summed E-state index contributed by atoms with van der Waals surface area (Å²) in [7, 11) is 0. The van der Waals surface area contributed by atoms with Crippen molar-refractivity contribution >= 4 is 10.9 Å². The van der Waals surface area contributed by atoms with Crippen LogP contribution in [0.4, 0.5) is 0 Å². The van der Waals surface area contributed by atoms with Crippen LogP contribution in [0, 0.1) is 0 Å². The van der Waals surface area contributed by atoms with E-state index in [2.05, 4.69) is 47.3 Å². The second-order valence-corrected chi connectivity index (χ2v) is 4.88. The highest BCUT2D eigenvalue weighted by molar-refractivity contribution is 5.83. The molecule has 0 radical (unpaired) electrons. The number of hydrogen-bond donors (Lipinski definition) is 2. The summed E-state index contributed by atoms with van der Waals surface area (Å²) in [4.78, 5) is 0. The van der Waals surface area contributed by atoms with Gasteiger partial charge in [0, 0.05) is 19.3 Å². The highest BCUT2D eigenvalue weighted by Gasteiger charge is 2.06. The maximum atomic E-state index is 8.72. The summed E-state index contributed by atoms with van der Waals surface area (Å²) in [6.07, 6.45) is 3.25. The van der Waals surface area contributed by atoms with Crippen molar-refractivity contribution in [3.8, 4) is 0 Å². The summed E-state index contributed by atoms with van der Waals surface area (Å²) in [6, 6.07) is 8.57. The summed E-state index contributed by atoms with van der Waals surface area (Å²) in [6.45, 7) is 6.04. The number of rotatable bonds is 9. The fourth-order valence-corrected chi connectivity index (χ4v) is 2.40. The Hall–Kier alpha value is -1.36. The van der Waals surface area contributed by atoms with Crippen molar-refractivity contribution < 1.29 is 9.84 Å². The van der Waals surface area contributed by atoms with E-state index in [0.717, 1.165) is 26.1 Å². The molecule has 0 bridgehead atoms. The Morgan fingerprint density at radius 1 is 1.25 bits per heavy atom. The van der Waals surface area contributed by atoms with Gasteiger partial charge in [0.05, 0.1) is 25.3 Å². The van der Waals surface area contributed by atoms with E-state index in [1.54, 1.807) is 0 Å². The molecule has 1 heterocycles. The van der Waals surface area contributed by atoms with Crippen LogP contribution < -0.4 is 5.32 Å². The van der Waals surface area contributed by atoms with Gasteiger partial charge in [0.25, 0.3) is 0 Å². The van der Waals surface area contributed by atoms with Gasteiger partial charge < -0.3 is 19.7 Å². The predicted molar refractivity (Wildman–Crippen MR) is 81.8 cm³/mol. The molecule has 4 heteroatoms. The first kappa shape index (κ1) is 15.0. The lowest BCUT2D eigenvalue weighted by Gasteiger charge is -2.11. The number of ether oxygens (including phenoxy) is 1. The van der Waals surface area contributed by atoms with Gasteiger partial charge in [0.1, 0.15) is 0 Å². The molecule has 1 aromatic heterocycles. The lowest BCUT2D eigenvalue weighted by molar-refractivity contribution is 0.0875. The zero-order valence-corrected chi connectivity index (χ0v) is 12.1.